The zero-order valence-electron chi connectivity index (χ0n) is 12.8. The molecule has 26 heavy (non-hydrogen) atoms. The van der Waals surface area contributed by atoms with E-state index in [0.717, 1.165) is 10.9 Å². The van der Waals surface area contributed by atoms with Gasteiger partial charge in [-0.3, -0.25) is 19.1 Å². The first-order chi connectivity index (χ1) is 12.1. The third-order valence-electron chi connectivity index (χ3n) is 3.68. The molecule has 6 N–H and O–H groups in total. The summed E-state index contributed by atoms with van der Waals surface area (Å²) in [6.45, 7) is -1.62. The number of fused-ring (bicyclic) bond motifs is 1. The van der Waals surface area contributed by atoms with Gasteiger partial charge in [-0.05, 0) is 0 Å². The number of imidazole rings is 1. The molecule has 1 aliphatic heterocycles. The van der Waals surface area contributed by atoms with E-state index in [1.165, 1.54) is 0 Å². The zero-order valence-corrected chi connectivity index (χ0v) is 12.8. The van der Waals surface area contributed by atoms with Crippen molar-refractivity contribution in [3.8, 4) is 0 Å². The number of nitrogens with two attached hydrogens (primary N) is 1. The van der Waals surface area contributed by atoms with Crippen LogP contribution in [0.25, 0.3) is 11.2 Å². The van der Waals surface area contributed by atoms with E-state index >= 15 is 0 Å². The lowest BCUT2D eigenvalue weighted by atomic mass is 10.1. The number of aromatic amines is 1. The van der Waals surface area contributed by atoms with Crippen LogP contribution in [-0.4, -0.2) is 66.7 Å². The lowest BCUT2D eigenvalue weighted by Gasteiger charge is -2.16. The van der Waals surface area contributed by atoms with Crippen LogP contribution in [-0.2, 0) is 9.53 Å². The molecule has 0 aromatic carbocycles. The van der Waals surface area contributed by atoms with Gasteiger partial charge in [-0.2, -0.15) is 18.2 Å². The number of amides is 1. The van der Waals surface area contributed by atoms with E-state index in [0.29, 0.717) is 0 Å². The Bertz CT molecular complexity index is 896. The quantitative estimate of drug-likeness (QED) is 0.408. The standard InChI is InChI=1S/C12H13F3N6O5/c13-12(14,15)1-17-9(25)6-4(22)5(23)10(26-6)21-2-18-3-7(21)19-11(16)20-8(3)24/h2,4-6,10,22-23H,1H2,(H,17,25)(H3,16,19,20,24)/t4-,5+,6-,10+/m0/s1. The van der Waals surface area contributed by atoms with E-state index in [4.69, 9.17) is 10.5 Å². The second-order valence-corrected chi connectivity index (χ2v) is 5.54. The average Bonchev–Trinajstić information content (AvgIpc) is 3.07. The van der Waals surface area contributed by atoms with E-state index in [1.807, 2.05) is 0 Å². The molecule has 1 aliphatic rings. The summed E-state index contributed by atoms with van der Waals surface area (Å²) in [5.74, 6) is -1.51. The van der Waals surface area contributed by atoms with E-state index in [9.17, 15) is 33.0 Å². The van der Waals surface area contributed by atoms with Gasteiger partial charge in [0.05, 0.1) is 6.33 Å². The molecule has 0 aliphatic carbocycles. The van der Waals surface area contributed by atoms with Crippen molar-refractivity contribution in [2.24, 2.45) is 0 Å². The summed E-state index contributed by atoms with van der Waals surface area (Å²) in [6, 6.07) is 0. The molecule has 3 heterocycles. The van der Waals surface area contributed by atoms with Crippen LogP contribution < -0.4 is 16.6 Å². The Hall–Kier alpha value is -2.71. The molecule has 0 radical (unpaired) electrons. The first-order valence-electron chi connectivity index (χ1n) is 7.17. The average molecular weight is 378 g/mol. The number of halogens is 3. The fraction of sp³-hybridized carbons (Fsp3) is 0.500. The summed E-state index contributed by atoms with van der Waals surface area (Å²) >= 11 is 0. The predicted molar refractivity (Wildman–Crippen MR) is 77.5 cm³/mol. The number of aliphatic hydroxyl groups excluding tert-OH is 2. The first kappa shape index (κ1) is 18.1. The summed E-state index contributed by atoms with van der Waals surface area (Å²) in [7, 11) is 0. The first-order valence-corrected chi connectivity index (χ1v) is 7.17. The molecule has 1 fully saturated rings. The van der Waals surface area contributed by atoms with Crippen molar-refractivity contribution in [1.82, 2.24) is 24.8 Å². The summed E-state index contributed by atoms with van der Waals surface area (Å²) < 4.78 is 42.8. The smallest absolute Gasteiger partial charge is 0.387 e. The van der Waals surface area contributed by atoms with Crippen molar-refractivity contribution < 1.29 is 32.9 Å². The van der Waals surface area contributed by atoms with Gasteiger partial charge in [0.15, 0.2) is 23.5 Å². The van der Waals surface area contributed by atoms with Gasteiger partial charge in [-0.25, -0.2) is 4.98 Å². The Labute approximate surface area is 141 Å². The lowest BCUT2D eigenvalue weighted by molar-refractivity contribution is -0.149. The minimum atomic E-state index is -4.65. The number of aromatic nitrogens is 4. The number of nitrogens with one attached hydrogen (secondary N) is 2. The van der Waals surface area contributed by atoms with Crippen LogP contribution in [0.5, 0.6) is 0 Å². The highest BCUT2D eigenvalue weighted by atomic mass is 19.4. The highest BCUT2D eigenvalue weighted by molar-refractivity contribution is 5.82. The Balaban J connectivity index is 1.86. The fourth-order valence-corrected chi connectivity index (χ4v) is 2.52. The maximum Gasteiger partial charge on any atom is 0.405 e. The summed E-state index contributed by atoms with van der Waals surface area (Å²) in [4.78, 5) is 33.4. The van der Waals surface area contributed by atoms with Crippen LogP contribution in [0.3, 0.4) is 0 Å². The molecule has 0 spiro atoms. The number of carbonyl (C=O) groups excluding carboxylic acids is 1. The number of anilines is 1. The number of nitrogens with zero attached hydrogens (tertiary/aromatic N) is 3. The van der Waals surface area contributed by atoms with Gasteiger partial charge in [-0.15, -0.1) is 0 Å². The third kappa shape index (κ3) is 3.21. The molecule has 4 atom stereocenters. The lowest BCUT2D eigenvalue weighted by Crippen LogP contribution is -2.45. The Morgan fingerprint density at radius 2 is 2.12 bits per heavy atom. The largest absolute Gasteiger partial charge is 0.405 e. The molecule has 2 aromatic rings. The monoisotopic (exact) mass is 378 g/mol. The molecule has 2 aromatic heterocycles. The molecule has 3 rings (SSSR count). The van der Waals surface area contributed by atoms with Crippen molar-refractivity contribution in [1.29, 1.82) is 0 Å². The van der Waals surface area contributed by atoms with Crippen molar-refractivity contribution in [3.63, 3.8) is 0 Å². The molecule has 1 saturated heterocycles. The number of carbonyl (C=O) groups is 1. The number of alkyl halides is 3. The fourth-order valence-electron chi connectivity index (χ4n) is 2.52. The summed E-state index contributed by atoms with van der Waals surface area (Å²) in [5.41, 5.74) is 4.53. The highest BCUT2D eigenvalue weighted by Gasteiger charge is 2.48. The predicted octanol–water partition coefficient (Wildman–Crippen LogP) is -2.00. The zero-order chi connectivity index (χ0) is 19.2. The van der Waals surface area contributed by atoms with E-state index in [1.54, 1.807) is 5.32 Å². The molecule has 14 heteroatoms. The Morgan fingerprint density at radius 3 is 2.77 bits per heavy atom. The SMILES string of the molecule is Nc1nc2c(ncn2[C@@H]2O[C@H](C(=O)NCC(F)(F)F)[C@@H](O)[C@H]2O)c(=O)[nH]1. The molecule has 11 nitrogen and oxygen atoms in total. The normalized spacial score (nSPS) is 26.3. The number of nitrogen functional groups attached to an aromatic ring is 1. The van der Waals surface area contributed by atoms with Crippen LogP contribution in [0.2, 0.25) is 0 Å². The maximum atomic E-state index is 12.2. The molecular formula is C12H13F3N6O5. The van der Waals surface area contributed by atoms with Crippen molar-refractivity contribution in [3.05, 3.63) is 16.7 Å². The topological polar surface area (TPSA) is 168 Å². The number of aliphatic hydroxyl groups is 2. The highest BCUT2D eigenvalue weighted by Crippen LogP contribution is 2.31. The molecule has 1 amide bonds. The molecule has 0 saturated carbocycles. The van der Waals surface area contributed by atoms with Crippen LogP contribution in [0.1, 0.15) is 6.23 Å². The van der Waals surface area contributed by atoms with Gasteiger partial charge in [0, 0.05) is 0 Å². The Kier molecular flexibility index (Phi) is 4.33. The van der Waals surface area contributed by atoms with Crippen molar-refractivity contribution >= 4 is 23.0 Å². The van der Waals surface area contributed by atoms with Crippen molar-refractivity contribution in [2.75, 3.05) is 12.3 Å². The summed E-state index contributed by atoms with van der Waals surface area (Å²) in [6.07, 6.45) is -10.3. The van der Waals surface area contributed by atoms with Crippen LogP contribution in [0, 0.1) is 0 Å². The van der Waals surface area contributed by atoms with Gasteiger partial charge in [0.1, 0.15) is 18.8 Å². The number of hydrogen-bond acceptors (Lipinski definition) is 8. The van der Waals surface area contributed by atoms with E-state index in [2.05, 4.69) is 15.0 Å². The van der Waals surface area contributed by atoms with E-state index < -0.39 is 48.7 Å². The van der Waals surface area contributed by atoms with Crippen LogP contribution >= 0.6 is 0 Å². The number of hydrogen-bond donors (Lipinski definition) is 5. The van der Waals surface area contributed by atoms with E-state index in [-0.39, 0.29) is 17.1 Å². The van der Waals surface area contributed by atoms with Gasteiger partial charge in [-0.1, -0.05) is 0 Å². The second kappa shape index (κ2) is 6.22. The third-order valence-corrected chi connectivity index (χ3v) is 3.68. The molecular weight excluding hydrogens is 365 g/mol. The van der Waals surface area contributed by atoms with Gasteiger partial charge >= 0.3 is 6.18 Å². The number of H-pyrrole nitrogens is 1. The minimum Gasteiger partial charge on any atom is -0.387 e. The Morgan fingerprint density at radius 1 is 1.42 bits per heavy atom. The second-order valence-electron chi connectivity index (χ2n) is 5.54. The van der Waals surface area contributed by atoms with Gasteiger partial charge in [0.25, 0.3) is 11.5 Å². The molecule has 0 unspecified atom stereocenters. The minimum absolute atomic E-state index is 0.0983. The van der Waals surface area contributed by atoms with Gasteiger partial charge < -0.3 is 26.0 Å². The molecule has 142 valence electrons. The molecule has 0 bridgehead atoms. The summed E-state index contributed by atoms with van der Waals surface area (Å²) in [5, 5.41) is 21.6. The van der Waals surface area contributed by atoms with Gasteiger partial charge in [0.2, 0.25) is 5.95 Å². The maximum absolute atomic E-state index is 12.2. The van der Waals surface area contributed by atoms with Crippen LogP contribution in [0.4, 0.5) is 19.1 Å². The number of ether oxygens (including phenoxy) is 1. The van der Waals surface area contributed by atoms with Crippen LogP contribution in [0.15, 0.2) is 11.1 Å². The van der Waals surface area contributed by atoms with Crippen molar-refractivity contribution in [2.45, 2.75) is 30.7 Å². The number of rotatable bonds is 3.